The van der Waals surface area contributed by atoms with Crippen molar-refractivity contribution in [2.45, 2.75) is 25.7 Å². The van der Waals surface area contributed by atoms with Crippen molar-refractivity contribution in [1.82, 2.24) is 15.1 Å². The number of amides is 3. The molecule has 1 aromatic heterocycles. The Bertz CT molecular complexity index is 872. The van der Waals surface area contributed by atoms with Gasteiger partial charge in [-0.05, 0) is 38.0 Å². The molecular weight excluding hydrogens is 328 g/mol. The minimum absolute atomic E-state index is 0.269. The Labute approximate surface area is 141 Å². The zero-order valence-electron chi connectivity index (χ0n) is 12.9. The molecule has 3 amide bonds. The van der Waals surface area contributed by atoms with Crippen LogP contribution in [0.1, 0.15) is 61.8 Å². The smallest absolute Gasteiger partial charge is 0.261 e. The predicted octanol–water partition coefficient (Wildman–Crippen LogP) is 2.28. The molecule has 1 N–H and O–H groups in total. The lowest BCUT2D eigenvalue weighted by molar-refractivity contribution is 0.0662. The van der Waals surface area contributed by atoms with E-state index in [1.165, 1.54) is 28.4 Å². The molecular formula is C16H14N4O3S. The van der Waals surface area contributed by atoms with E-state index in [0.29, 0.717) is 28.7 Å². The van der Waals surface area contributed by atoms with Gasteiger partial charge in [0.2, 0.25) is 5.13 Å². The number of hydrogen-bond donors (Lipinski definition) is 1. The summed E-state index contributed by atoms with van der Waals surface area (Å²) in [5.74, 6) is -0.565. The first-order valence-electron chi connectivity index (χ1n) is 7.73. The van der Waals surface area contributed by atoms with Crippen LogP contribution in [-0.2, 0) is 0 Å². The summed E-state index contributed by atoms with van der Waals surface area (Å²) in [5, 5.41) is 12.1. The van der Waals surface area contributed by atoms with Crippen LogP contribution >= 0.6 is 11.3 Å². The van der Waals surface area contributed by atoms with E-state index >= 15 is 0 Å². The Morgan fingerprint density at radius 1 is 1.25 bits per heavy atom. The van der Waals surface area contributed by atoms with Crippen molar-refractivity contribution in [3.63, 3.8) is 0 Å². The van der Waals surface area contributed by atoms with Gasteiger partial charge in [-0.3, -0.25) is 24.6 Å². The van der Waals surface area contributed by atoms with Crippen LogP contribution in [0.4, 0.5) is 5.13 Å². The number of benzene rings is 1. The molecule has 1 aromatic carbocycles. The molecule has 2 heterocycles. The molecule has 1 aliphatic heterocycles. The number of hydrogen-bond acceptors (Lipinski definition) is 6. The second kappa shape index (κ2) is 5.48. The molecule has 2 aliphatic rings. The van der Waals surface area contributed by atoms with Gasteiger partial charge in [0.15, 0.2) is 0 Å². The van der Waals surface area contributed by atoms with Crippen molar-refractivity contribution in [1.29, 1.82) is 0 Å². The standard InChI is InChI=1S/C16H14N4O3S/c1-2-20-14(22)10-6-5-9(7-11(10)15(20)23)12(21)17-16-19-18-13(24-16)8-3-4-8/h5-8H,2-4H2,1H3,(H,17,19,21). The number of imide groups is 1. The minimum Gasteiger partial charge on any atom is -0.296 e. The highest BCUT2D eigenvalue weighted by atomic mass is 32.1. The van der Waals surface area contributed by atoms with Crippen molar-refractivity contribution in [3.8, 4) is 0 Å². The Hall–Kier alpha value is -2.61. The number of anilines is 1. The Morgan fingerprint density at radius 3 is 2.71 bits per heavy atom. The van der Waals surface area contributed by atoms with Crippen LogP contribution in [0.5, 0.6) is 0 Å². The number of fused-ring (bicyclic) bond motifs is 1. The summed E-state index contributed by atoms with van der Waals surface area (Å²) in [6.45, 7) is 2.05. The van der Waals surface area contributed by atoms with Crippen LogP contribution in [-0.4, -0.2) is 39.4 Å². The lowest BCUT2D eigenvalue weighted by Gasteiger charge is -2.08. The molecule has 1 fully saturated rings. The van der Waals surface area contributed by atoms with E-state index in [0.717, 1.165) is 17.8 Å². The molecule has 0 atom stereocenters. The second-order valence-corrected chi connectivity index (χ2v) is 6.80. The Balaban J connectivity index is 1.56. The van der Waals surface area contributed by atoms with Crippen molar-refractivity contribution >= 4 is 34.2 Å². The predicted molar refractivity (Wildman–Crippen MR) is 87.3 cm³/mol. The third-order valence-corrected chi connectivity index (χ3v) is 5.14. The molecule has 7 nitrogen and oxygen atoms in total. The number of aromatic nitrogens is 2. The third-order valence-electron chi connectivity index (χ3n) is 4.14. The fourth-order valence-electron chi connectivity index (χ4n) is 2.67. The summed E-state index contributed by atoms with van der Waals surface area (Å²) in [7, 11) is 0. The molecule has 0 radical (unpaired) electrons. The number of carbonyl (C=O) groups is 3. The van der Waals surface area contributed by atoms with Crippen LogP contribution in [0.25, 0.3) is 0 Å². The van der Waals surface area contributed by atoms with Gasteiger partial charge in [0, 0.05) is 18.0 Å². The van der Waals surface area contributed by atoms with Gasteiger partial charge >= 0.3 is 0 Å². The molecule has 0 unspecified atom stereocenters. The van der Waals surface area contributed by atoms with Crippen LogP contribution in [0.2, 0.25) is 0 Å². The van der Waals surface area contributed by atoms with E-state index < -0.39 is 0 Å². The quantitative estimate of drug-likeness (QED) is 0.861. The fourth-order valence-corrected chi connectivity index (χ4v) is 3.58. The fraction of sp³-hybridized carbons (Fsp3) is 0.312. The minimum atomic E-state index is -0.369. The van der Waals surface area contributed by atoms with Crippen molar-refractivity contribution in [2.24, 2.45) is 0 Å². The highest BCUT2D eigenvalue weighted by Gasteiger charge is 2.35. The molecule has 0 bridgehead atoms. The van der Waals surface area contributed by atoms with Gasteiger partial charge in [-0.15, -0.1) is 10.2 Å². The first-order chi connectivity index (χ1) is 11.6. The first-order valence-corrected chi connectivity index (χ1v) is 8.55. The number of nitrogens with one attached hydrogen (secondary N) is 1. The average molecular weight is 342 g/mol. The Morgan fingerprint density at radius 2 is 2.00 bits per heavy atom. The van der Waals surface area contributed by atoms with E-state index in [9.17, 15) is 14.4 Å². The molecule has 24 heavy (non-hydrogen) atoms. The van der Waals surface area contributed by atoms with Crippen LogP contribution < -0.4 is 5.32 Å². The van der Waals surface area contributed by atoms with Gasteiger partial charge in [0.25, 0.3) is 17.7 Å². The molecule has 1 aliphatic carbocycles. The zero-order valence-corrected chi connectivity index (χ0v) is 13.7. The summed E-state index contributed by atoms with van der Waals surface area (Å²) in [4.78, 5) is 37.8. The molecule has 0 saturated heterocycles. The van der Waals surface area contributed by atoms with E-state index in [2.05, 4.69) is 15.5 Å². The largest absolute Gasteiger partial charge is 0.296 e. The molecule has 8 heteroatoms. The summed E-state index contributed by atoms with van der Waals surface area (Å²) in [6.07, 6.45) is 2.24. The second-order valence-electron chi connectivity index (χ2n) is 5.79. The topological polar surface area (TPSA) is 92.3 Å². The van der Waals surface area contributed by atoms with Gasteiger partial charge in [-0.2, -0.15) is 0 Å². The van der Waals surface area contributed by atoms with Crippen LogP contribution in [0.15, 0.2) is 18.2 Å². The maximum atomic E-state index is 12.4. The summed E-state index contributed by atoms with van der Waals surface area (Å²) in [6, 6.07) is 4.53. The highest BCUT2D eigenvalue weighted by Crippen LogP contribution is 2.42. The number of carbonyl (C=O) groups excluding carboxylic acids is 3. The van der Waals surface area contributed by atoms with Gasteiger partial charge in [-0.1, -0.05) is 11.3 Å². The lowest BCUT2D eigenvalue weighted by atomic mass is 10.1. The van der Waals surface area contributed by atoms with E-state index in [1.54, 1.807) is 13.0 Å². The monoisotopic (exact) mass is 342 g/mol. The summed E-state index contributed by atoms with van der Waals surface area (Å²) >= 11 is 1.37. The molecule has 4 rings (SSSR count). The van der Waals surface area contributed by atoms with Crippen molar-refractivity contribution in [2.75, 3.05) is 11.9 Å². The summed E-state index contributed by atoms with van der Waals surface area (Å²) < 4.78 is 0. The average Bonchev–Trinajstić information content (AvgIpc) is 3.28. The van der Waals surface area contributed by atoms with Gasteiger partial charge in [0.05, 0.1) is 11.1 Å². The highest BCUT2D eigenvalue weighted by molar-refractivity contribution is 7.15. The lowest BCUT2D eigenvalue weighted by Crippen LogP contribution is -2.29. The van der Waals surface area contributed by atoms with E-state index in [1.807, 2.05) is 0 Å². The number of nitrogens with zero attached hydrogens (tertiary/aromatic N) is 3. The van der Waals surface area contributed by atoms with Gasteiger partial charge < -0.3 is 0 Å². The van der Waals surface area contributed by atoms with Gasteiger partial charge in [-0.25, -0.2) is 0 Å². The van der Waals surface area contributed by atoms with E-state index in [4.69, 9.17) is 0 Å². The maximum Gasteiger partial charge on any atom is 0.261 e. The maximum absolute atomic E-state index is 12.4. The molecule has 1 saturated carbocycles. The number of rotatable bonds is 4. The zero-order chi connectivity index (χ0) is 16.8. The SMILES string of the molecule is CCN1C(=O)c2ccc(C(=O)Nc3nnc(C4CC4)s3)cc2C1=O. The molecule has 0 spiro atoms. The normalized spacial score (nSPS) is 16.5. The van der Waals surface area contributed by atoms with Crippen molar-refractivity contribution < 1.29 is 14.4 Å². The molecule has 2 aromatic rings. The van der Waals surface area contributed by atoms with E-state index in [-0.39, 0.29) is 23.3 Å². The van der Waals surface area contributed by atoms with Crippen LogP contribution in [0, 0.1) is 0 Å². The summed E-state index contributed by atoms with van der Waals surface area (Å²) in [5.41, 5.74) is 0.923. The third kappa shape index (κ3) is 2.39. The first kappa shape index (κ1) is 14.9. The Kier molecular flexibility index (Phi) is 3.42. The van der Waals surface area contributed by atoms with Gasteiger partial charge in [0.1, 0.15) is 5.01 Å². The van der Waals surface area contributed by atoms with Crippen molar-refractivity contribution in [3.05, 3.63) is 39.9 Å². The van der Waals surface area contributed by atoms with Crippen LogP contribution in [0.3, 0.4) is 0 Å². The molecule has 122 valence electrons.